The number of hydrogen-bond acceptors (Lipinski definition) is 1. The number of fused-ring (bicyclic) bond motifs is 9. The Morgan fingerprint density at radius 3 is 1.75 bits per heavy atom. The van der Waals surface area contributed by atoms with Gasteiger partial charge in [-0.05, 0) is 73.7 Å². The monoisotopic (exact) mass is 468 g/mol. The van der Waals surface area contributed by atoms with E-state index in [1.807, 2.05) is 0 Å². The minimum atomic E-state index is -0.335. The Morgan fingerprint density at radius 2 is 1.17 bits per heavy atom. The van der Waals surface area contributed by atoms with Crippen molar-refractivity contribution in [1.82, 2.24) is 0 Å². The summed E-state index contributed by atoms with van der Waals surface area (Å²) in [4.78, 5) is 0. The van der Waals surface area contributed by atoms with E-state index in [1.165, 1.54) is 44.5 Å². The molecule has 1 spiro atoms. The molecule has 4 aromatic rings. The van der Waals surface area contributed by atoms with Gasteiger partial charge >= 0.3 is 6.92 Å². The first-order valence-corrected chi connectivity index (χ1v) is 13.4. The molecule has 36 heavy (non-hydrogen) atoms. The van der Waals surface area contributed by atoms with Gasteiger partial charge in [-0.25, -0.2) is 0 Å². The summed E-state index contributed by atoms with van der Waals surface area (Å²) in [5, 5.41) is 0.343. The fourth-order valence-corrected chi connectivity index (χ4v) is 7.52. The quantitative estimate of drug-likeness (QED) is 0.240. The summed E-state index contributed by atoms with van der Waals surface area (Å²) in [6, 6.07) is 34.2. The molecule has 0 amide bonds. The molecule has 0 N–H and O–H groups in total. The minimum Gasteiger partial charge on any atom is -0.560 e. The highest BCUT2D eigenvalue weighted by molar-refractivity contribution is 6.73. The molecular formula is C34H33BO. The molecule has 1 heterocycles. The van der Waals surface area contributed by atoms with Gasteiger partial charge in [-0.3, -0.25) is 0 Å². The smallest absolute Gasteiger partial charge is 0.369 e. The molecule has 4 aromatic carbocycles. The van der Waals surface area contributed by atoms with E-state index in [0.717, 1.165) is 12.2 Å². The highest BCUT2D eigenvalue weighted by Crippen LogP contribution is 2.73. The van der Waals surface area contributed by atoms with E-state index in [1.54, 1.807) is 0 Å². The number of rotatable bonds is 3. The van der Waals surface area contributed by atoms with Gasteiger partial charge < -0.3 is 4.65 Å². The van der Waals surface area contributed by atoms with E-state index < -0.39 is 0 Å². The average molecular weight is 468 g/mol. The SMILES string of the molecule is CCC1c2ccccc2C2(c3ccccc3-c3ccc(OB4C(C)(C)C4(C)C)cc32)c2ccccc21. The zero-order chi connectivity index (χ0) is 24.9. The van der Waals surface area contributed by atoms with Crippen LogP contribution in [0, 0.1) is 0 Å². The second-order valence-electron chi connectivity index (χ2n) is 12.1. The lowest BCUT2D eigenvalue weighted by atomic mass is 9.59. The minimum absolute atomic E-state index is 0.172. The number of benzene rings is 4. The molecule has 1 nitrogen and oxygen atoms in total. The molecule has 2 aliphatic carbocycles. The van der Waals surface area contributed by atoms with Crippen LogP contribution in [0.1, 0.15) is 80.3 Å². The van der Waals surface area contributed by atoms with Crippen molar-refractivity contribution in [3.63, 3.8) is 0 Å². The summed E-state index contributed by atoms with van der Waals surface area (Å²) < 4.78 is 6.73. The van der Waals surface area contributed by atoms with E-state index in [0.29, 0.717) is 5.92 Å². The summed E-state index contributed by atoms with van der Waals surface area (Å²) in [6.07, 6.45) is 1.09. The molecular weight excluding hydrogens is 435 g/mol. The van der Waals surface area contributed by atoms with Crippen LogP contribution in [-0.2, 0) is 5.41 Å². The molecule has 1 aliphatic heterocycles. The fraction of sp³-hybridized carbons (Fsp3) is 0.294. The summed E-state index contributed by atoms with van der Waals surface area (Å²) in [6.45, 7) is 11.8. The van der Waals surface area contributed by atoms with Gasteiger partial charge in [-0.15, -0.1) is 0 Å². The topological polar surface area (TPSA) is 9.23 Å². The van der Waals surface area contributed by atoms with E-state index in [9.17, 15) is 0 Å². The first kappa shape index (κ1) is 22.0. The first-order chi connectivity index (χ1) is 17.3. The van der Waals surface area contributed by atoms with Gasteiger partial charge in [-0.1, -0.05) is 113 Å². The van der Waals surface area contributed by atoms with Crippen LogP contribution < -0.4 is 4.65 Å². The molecule has 2 heteroatoms. The third-order valence-corrected chi connectivity index (χ3v) is 10.0. The molecule has 178 valence electrons. The largest absolute Gasteiger partial charge is 0.560 e. The third-order valence-electron chi connectivity index (χ3n) is 10.0. The Morgan fingerprint density at radius 1 is 0.639 bits per heavy atom. The van der Waals surface area contributed by atoms with E-state index in [4.69, 9.17) is 4.65 Å². The van der Waals surface area contributed by atoms with Crippen molar-refractivity contribution in [3.05, 3.63) is 124 Å². The summed E-state index contributed by atoms with van der Waals surface area (Å²) in [5.74, 6) is 1.39. The molecule has 0 radical (unpaired) electrons. The van der Waals surface area contributed by atoms with Crippen molar-refractivity contribution in [3.8, 4) is 16.9 Å². The first-order valence-electron chi connectivity index (χ1n) is 13.4. The van der Waals surface area contributed by atoms with Crippen LogP contribution >= 0.6 is 0 Å². The van der Waals surface area contributed by atoms with E-state index >= 15 is 0 Å². The molecule has 1 fully saturated rings. The molecule has 1 saturated heterocycles. The van der Waals surface area contributed by atoms with Crippen molar-refractivity contribution in [1.29, 1.82) is 0 Å². The van der Waals surface area contributed by atoms with Gasteiger partial charge in [0.2, 0.25) is 0 Å². The molecule has 0 aromatic heterocycles. The summed E-state index contributed by atoms with van der Waals surface area (Å²) in [7, 11) is 0. The Kier molecular flexibility index (Phi) is 4.37. The zero-order valence-corrected chi connectivity index (χ0v) is 21.9. The van der Waals surface area contributed by atoms with Crippen molar-refractivity contribution < 1.29 is 4.65 Å². The van der Waals surface area contributed by atoms with E-state index in [-0.39, 0.29) is 23.0 Å². The second kappa shape index (κ2) is 7.16. The van der Waals surface area contributed by atoms with Crippen molar-refractivity contribution >= 4 is 6.92 Å². The van der Waals surface area contributed by atoms with Crippen molar-refractivity contribution in [2.45, 2.75) is 63.0 Å². The standard InChI is InChI=1S/C34H33BO/c1-6-23-24-13-7-10-16-28(24)34(29-17-11-8-14-25(23)29)30-18-12-9-15-26(30)27-20-19-22(21-31(27)34)36-35-32(2,3)33(35,4)5/h7-21,23H,6H2,1-5H3. The highest BCUT2D eigenvalue weighted by atomic mass is 16.4. The lowest BCUT2D eigenvalue weighted by Crippen LogP contribution is -2.35. The van der Waals surface area contributed by atoms with Crippen LogP contribution in [0.3, 0.4) is 0 Å². The van der Waals surface area contributed by atoms with Crippen molar-refractivity contribution in [2.24, 2.45) is 0 Å². The van der Waals surface area contributed by atoms with Gasteiger partial charge in [-0.2, -0.15) is 0 Å². The van der Waals surface area contributed by atoms with E-state index in [2.05, 4.69) is 126 Å². The Bertz CT molecular complexity index is 1470. The predicted octanol–water partition coefficient (Wildman–Crippen LogP) is 8.85. The molecule has 0 atom stereocenters. The van der Waals surface area contributed by atoms with Crippen LogP contribution in [0.5, 0.6) is 5.75 Å². The zero-order valence-electron chi connectivity index (χ0n) is 21.9. The maximum atomic E-state index is 6.73. The van der Waals surface area contributed by atoms with Crippen LogP contribution in [0.25, 0.3) is 11.1 Å². The molecule has 0 unspecified atom stereocenters. The maximum absolute atomic E-state index is 6.73. The lowest BCUT2D eigenvalue weighted by Gasteiger charge is -2.43. The molecule has 7 rings (SSSR count). The highest BCUT2D eigenvalue weighted by Gasteiger charge is 2.72. The van der Waals surface area contributed by atoms with Crippen LogP contribution in [0.4, 0.5) is 0 Å². The molecule has 0 bridgehead atoms. The second-order valence-corrected chi connectivity index (χ2v) is 12.1. The van der Waals surface area contributed by atoms with Gasteiger partial charge in [0.15, 0.2) is 0 Å². The third kappa shape index (κ3) is 2.53. The summed E-state index contributed by atoms with van der Waals surface area (Å²) >= 11 is 0. The van der Waals surface area contributed by atoms with Gasteiger partial charge in [0, 0.05) is 5.92 Å². The van der Waals surface area contributed by atoms with Crippen LogP contribution in [0.15, 0.2) is 91.0 Å². The Balaban J connectivity index is 1.53. The Hall–Kier alpha value is -3.26. The lowest BCUT2D eigenvalue weighted by molar-refractivity contribution is 0.575. The maximum Gasteiger partial charge on any atom is 0.369 e. The molecule has 3 aliphatic rings. The van der Waals surface area contributed by atoms with Crippen LogP contribution in [0.2, 0.25) is 10.6 Å². The number of hydrogen-bond donors (Lipinski definition) is 0. The summed E-state index contributed by atoms with van der Waals surface area (Å²) in [5.41, 5.74) is 10.8. The van der Waals surface area contributed by atoms with Crippen LogP contribution in [-0.4, -0.2) is 6.92 Å². The molecule has 0 saturated carbocycles. The Labute approximate surface area is 215 Å². The normalized spacial score (nSPS) is 23.5. The van der Waals surface area contributed by atoms with Crippen molar-refractivity contribution in [2.75, 3.05) is 0 Å². The van der Waals surface area contributed by atoms with Gasteiger partial charge in [0.25, 0.3) is 0 Å². The van der Waals surface area contributed by atoms with Gasteiger partial charge in [0.1, 0.15) is 0 Å². The predicted molar refractivity (Wildman–Crippen MR) is 150 cm³/mol. The average Bonchev–Trinajstić information content (AvgIpc) is 3.15. The fourth-order valence-electron chi connectivity index (χ4n) is 7.52. The van der Waals surface area contributed by atoms with Gasteiger partial charge in [0.05, 0.1) is 11.2 Å².